The Morgan fingerprint density at radius 3 is 2.87 bits per heavy atom. The molecule has 0 aromatic carbocycles. The van der Waals surface area contributed by atoms with Gasteiger partial charge in [0.1, 0.15) is 5.78 Å². The van der Waals surface area contributed by atoms with E-state index in [1.807, 2.05) is 7.05 Å². The van der Waals surface area contributed by atoms with Crippen molar-refractivity contribution in [2.24, 2.45) is 11.8 Å². The smallest absolute Gasteiger partial charge is 0.137 e. The third-order valence-electron chi connectivity index (χ3n) is 3.13. The van der Waals surface area contributed by atoms with Crippen LogP contribution in [-0.2, 0) is 4.79 Å². The zero-order valence-electron chi connectivity index (χ0n) is 10.1. The minimum atomic E-state index is -0.314. The molecule has 3 nitrogen and oxygen atoms in total. The molecular formula is C12H23NO2. The Bertz CT molecular complexity index is 216. The number of nitrogens with zero attached hydrogens (tertiary/aromatic N) is 1. The summed E-state index contributed by atoms with van der Waals surface area (Å²) in [5.74, 6) is 1.27. The zero-order valence-corrected chi connectivity index (χ0v) is 10.1. The first-order chi connectivity index (χ1) is 6.99. The first-order valence-electron chi connectivity index (χ1n) is 5.88. The number of hydrogen-bond donors (Lipinski definition) is 1. The van der Waals surface area contributed by atoms with Gasteiger partial charge >= 0.3 is 0 Å². The van der Waals surface area contributed by atoms with E-state index < -0.39 is 0 Å². The van der Waals surface area contributed by atoms with E-state index >= 15 is 0 Å². The van der Waals surface area contributed by atoms with Crippen LogP contribution in [-0.4, -0.2) is 42.0 Å². The maximum absolute atomic E-state index is 11.7. The number of carbonyl (C=O) groups excluding carboxylic acids is 1. The summed E-state index contributed by atoms with van der Waals surface area (Å²) in [5, 5.41) is 9.24. The standard InChI is InChI=1S/C12H23NO2/c1-9-4-5-12(15)11(6-9)8-13(3)7-10(2)14/h9-11,14H,4-8H2,1-3H3. The van der Waals surface area contributed by atoms with Crippen LogP contribution >= 0.6 is 0 Å². The van der Waals surface area contributed by atoms with E-state index in [1.54, 1.807) is 6.92 Å². The second-order valence-corrected chi connectivity index (χ2v) is 5.11. The Kier molecular flexibility index (Phi) is 4.74. The fourth-order valence-corrected chi connectivity index (χ4v) is 2.41. The minimum absolute atomic E-state index is 0.192. The van der Waals surface area contributed by atoms with Gasteiger partial charge in [-0.3, -0.25) is 4.79 Å². The molecule has 1 fully saturated rings. The van der Waals surface area contributed by atoms with Gasteiger partial charge in [-0.2, -0.15) is 0 Å². The summed E-state index contributed by atoms with van der Waals surface area (Å²) < 4.78 is 0. The molecule has 3 unspecified atom stereocenters. The fourth-order valence-electron chi connectivity index (χ4n) is 2.41. The molecule has 0 heterocycles. The molecule has 3 atom stereocenters. The maximum atomic E-state index is 11.7. The molecule has 1 aliphatic carbocycles. The maximum Gasteiger partial charge on any atom is 0.137 e. The lowest BCUT2D eigenvalue weighted by Gasteiger charge is -2.29. The van der Waals surface area contributed by atoms with Gasteiger partial charge in [0.25, 0.3) is 0 Å². The lowest BCUT2D eigenvalue weighted by Crippen LogP contribution is -2.37. The average Bonchev–Trinajstić information content (AvgIpc) is 2.10. The van der Waals surface area contributed by atoms with Gasteiger partial charge in [-0.05, 0) is 32.7 Å². The van der Waals surface area contributed by atoms with Crippen LogP contribution in [0.15, 0.2) is 0 Å². The highest BCUT2D eigenvalue weighted by Gasteiger charge is 2.27. The summed E-state index contributed by atoms with van der Waals surface area (Å²) in [6, 6.07) is 0. The van der Waals surface area contributed by atoms with Crippen molar-refractivity contribution in [2.75, 3.05) is 20.1 Å². The van der Waals surface area contributed by atoms with Gasteiger partial charge in [0.05, 0.1) is 6.10 Å². The average molecular weight is 213 g/mol. The van der Waals surface area contributed by atoms with Gasteiger partial charge in [-0.25, -0.2) is 0 Å². The molecule has 0 aromatic heterocycles. The van der Waals surface area contributed by atoms with E-state index in [1.165, 1.54) is 0 Å². The summed E-state index contributed by atoms with van der Waals surface area (Å²) >= 11 is 0. The molecule has 0 bridgehead atoms. The van der Waals surface area contributed by atoms with Crippen LogP contribution in [0.3, 0.4) is 0 Å². The first kappa shape index (κ1) is 12.7. The number of Topliss-reactive ketones (excluding diaryl/α,β-unsaturated/α-hetero) is 1. The molecule has 0 aromatic rings. The van der Waals surface area contributed by atoms with Crippen LogP contribution in [0.5, 0.6) is 0 Å². The summed E-state index contributed by atoms with van der Waals surface area (Å²) in [4.78, 5) is 13.7. The molecule has 0 saturated heterocycles. The van der Waals surface area contributed by atoms with Gasteiger partial charge in [0.15, 0.2) is 0 Å². The highest BCUT2D eigenvalue weighted by molar-refractivity contribution is 5.81. The number of carbonyl (C=O) groups is 1. The molecule has 0 amide bonds. The van der Waals surface area contributed by atoms with Crippen molar-refractivity contribution in [1.82, 2.24) is 4.90 Å². The number of hydrogen-bond acceptors (Lipinski definition) is 3. The molecular weight excluding hydrogens is 190 g/mol. The molecule has 0 aliphatic heterocycles. The second-order valence-electron chi connectivity index (χ2n) is 5.11. The van der Waals surface area contributed by atoms with Crippen LogP contribution in [0.4, 0.5) is 0 Å². The van der Waals surface area contributed by atoms with Crippen molar-refractivity contribution >= 4 is 5.78 Å². The lowest BCUT2D eigenvalue weighted by atomic mass is 9.81. The molecule has 1 rings (SSSR count). The van der Waals surface area contributed by atoms with Crippen molar-refractivity contribution in [1.29, 1.82) is 0 Å². The van der Waals surface area contributed by atoms with E-state index in [0.29, 0.717) is 18.2 Å². The minimum Gasteiger partial charge on any atom is -0.392 e. The summed E-state index contributed by atoms with van der Waals surface area (Å²) in [6.07, 6.45) is 2.50. The van der Waals surface area contributed by atoms with E-state index in [0.717, 1.165) is 25.8 Å². The van der Waals surface area contributed by atoms with Crippen molar-refractivity contribution in [2.45, 2.75) is 39.2 Å². The third-order valence-corrected chi connectivity index (χ3v) is 3.13. The number of aliphatic hydroxyl groups excluding tert-OH is 1. The van der Waals surface area contributed by atoms with Crippen LogP contribution in [0.1, 0.15) is 33.1 Å². The molecule has 1 saturated carbocycles. The van der Waals surface area contributed by atoms with E-state index in [9.17, 15) is 9.90 Å². The number of rotatable bonds is 4. The second kappa shape index (κ2) is 5.61. The van der Waals surface area contributed by atoms with Crippen molar-refractivity contribution in [3.05, 3.63) is 0 Å². The van der Waals surface area contributed by atoms with E-state index in [4.69, 9.17) is 0 Å². The predicted octanol–water partition coefficient (Wildman–Crippen LogP) is 1.30. The van der Waals surface area contributed by atoms with Gasteiger partial charge in [0.2, 0.25) is 0 Å². The third kappa shape index (κ3) is 4.31. The number of ketones is 1. The normalized spacial score (nSPS) is 29.5. The van der Waals surface area contributed by atoms with Gasteiger partial charge < -0.3 is 10.0 Å². The first-order valence-corrected chi connectivity index (χ1v) is 5.88. The lowest BCUT2D eigenvalue weighted by molar-refractivity contribution is -0.126. The molecule has 3 heteroatoms. The van der Waals surface area contributed by atoms with Gasteiger partial charge in [-0.1, -0.05) is 6.92 Å². The number of likely N-dealkylation sites (N-methyl/N-ethyl adjacent to an activating group) is 1. The highest BCUT2D eigenvalue weighted by Crippen LogP contribution is 2.26. The Morgan fingerprint density at radius 1 is 1.60 bits per heavy atom. The molecule has 0 spiro atoms. The molecule has 88 valence electrons. The summed E-state index contributed by atoms with van der Waals surface area (Å²) in [6.45, 7) is 5.45. The zero-order chi connectivity index (χ0) is 11.4. The largest absolute Gasteiger partial charge is 0.392 e. The Labute approximate surface area is 92.5 Å². The Morgan fingerprint density at radius 2 is 2.27 bits per heavy atom. The van der Waals surface area contributed by atoms with Crippen LogP contribution < -0.4 is 0 Å². The Balaban J connectivity index is 2.38. The SMILES string of the molecule is CC(O)CN(C)CC1CC(C)CCC1=O. The Hall–Kier alpha value is -0.410. The molecule has 0 radical (unpaired) electrons. The summed E-state index contributed by atoms with van der Waals surface area (Å²) in [5.41, 5.74) is 0. The van der Waals surface area contributed by atoms with Crippen LogP contribution in [0.25, 0.3) is 0 Å². The fraction of sp³-hybridized carbons (Fsp3) is 0.917. The van der Waals surface area contributed by atoms with Crippen molar-refractivity contribution < 1.29 is 9.90 Å². The van der Waals surface area contributed by atoms with Gasteiger partial charge in [0, 0.05) is 25.4 Å². The van der Waals surface area contributed by atoms with E-state index in [2.05, 4.69) is 11.8 Å². The topological polar surface area (TPSA) is 40.5 Å². The summed E-state index contributed by atoms with van der Waals surface area (Å²) in [7, 11) is 1.97. The van der Waals surface area contributed by atoms with E-state index in [-0.39, 0.29) is 12.0 Å². The van der Waals surface area contributed by atoms with Crippen LogP contribution in [0.2, 0.25) is 0 Å². The van der Waals surface area contributed by atoms with Gasteiger partial charge in [-0.15, -0.1) is 0 Å². The molecule has 1 N–H and O–H groups in total. The van der Waals surface area contributed by atoms with Crippen molar-refractivity contribution in [3.8, 4) is 0 Å². The predicted molar refractivity (Wildman–Crippen MR) is 60.7 cm³/mol. The monoisotopic (exact) mass is 213 g/mol. The molecule has 15 heavy (non-hydrogen) atoms. The van der Waals surface area contributed by atoms with Crippen LogP contribution in [0, 0.1) is 11.8 Å². The quantitative estimate of drug-likeness (QED) is 0.765. The van der Waals surface area contributed by atoms with Crippen molar-refractivity contribution in [3.63, 3.8) is 0 Å². The number of aliphatic hydroxyl groups is 1. The molecule has 1 aliphatic rings. The highest BCUT2D eigenvalue weighted by atomic mass is 16.3.